The highest BCUT2D eigenvalue weighted by Crippen LogP contribution is 2.18. The van der Waals surface area contributed by atoms with Gasteiger partial charge in [-0.05, 0) is 30.2 Å². The number of carbonyl (C=O) groups is 1. The molecule has 0 unspecified atom stereocenters. The van der Waals surface area contributed by atoms with Crippen LogP contribution < -0.4 is 4.74 Å². The zero-order chi connectivity index (χ0) is 21.6. The molecule has 7 nitrogen and oxygen atoms in total. The Kier molecular flexibility index (Phi) is 6.51. The van der Waals surface area contributed by atoms with Crippen molar-refractivity contribution < 1.29 is 22.8 Å². The molecule has 1 amide bonds. The zero-order valence-electron chi connectivity index (χ0n) is 16.8. The number of ether oxygens (including phenoxy) is 1. The van der Waals surface area contributed by atoms with Crippen molar-refractivity contribution in [2.24, 2.45) is 0 Å². The zero-order valence-corrected chi connectivity index (χ0v) is 16.8. The number of nitrogens with zero attached hydrogens (tertiary/aromatic N) is 4. The van der Waals surface area contributed by atoms with Crippen LogP contribution in [-0.4, -0.2) is 52.0 Å². The minimum Gasteiger partial charge on any atom is -0.485 e. The van der Waals surface area contributed by atoms with E-state index in [1.165, 1.54) is 12.1 Å². The summed E-state index contributed by atoms with van der Waals surface area (Å²) in [5.41, 5.74) is 1.34. The van der Waals surface area contributed by atoms with E-state index in [1.54, 1.807) is 11.1 Å². The Balaban J connectivity index is 1.31. The van der Waals surface area contributed by atoms with E-state index in [0.717, 1.165) is 43.8 Å². The first-order chi connectivity index (χ1) is 15.1. The number of pyridine rings is 1. The number of benzene rings is 1. The molecule has 4 rings (SSSR count). The molecule has 0 bridgehead atoms. The molecule has 3 aromatic rings. The summed E-state index contributed by atoms with van der Waals surface area (Å²) in [6.45, 7) is 3.62. The summed E-state index contributed by atoms with van der Waals surface area (Å²) in [4.78, 5) is 21.0. The van der Waals surface area contributed by atoms with Gasteiger partial charge in [0.05, 0.1) is 0 Å². The van der Waals surface area contributed by atoms with E-state index in [4.69, 9.17) is 9.26 Å². The molecule has 31 heavy (non-hydrogen) atoms. The molecule has 1 aromatic carbocycles. The summed E-state index contributed by atoms with van der Waals surface area (Å²) in [5, 5.41) is 3.85. The third kappa shape index (κ3) is 5.43. The maximum absolute atomic E-state index is 13.3. The average molecular weight is 428 g/mol. The average Bonchev–Trinajstić information content (AvgIpc) is 3.14. The molecule has 1 saturated heterocycles. The fourth-order valence-electron chi connectivity index (χ4n) is 3.45. The first kappa shape index (κ1) is 20.9. The lowest BCUT2D eigenvalue weighted by Gasteiger charge is -2.21. The summed E-state index contributed by atoms with van der Waals surface area (Å²) in [5.74, 6) is -1.67. The first-order valence-corrected chi connectivity index (χ1v) is 10.0. The molecule has 9 heteroatoms. The van der Waals surface area contributed by atoms with Crippen molar-refractivity contribution in [2.45, 2.75) is 19.6 Å². The van der Waals surface area contributed by atoms with Crippen molar-refractivity contribution in [1.29, 1.82) is 0 Å². The van der Waals surface area contributed by atoms with Gasteiger partial charge in [-0.15, -0.1) is 0 Å². The molecule has 162 valence electrons. The number of carbonyl (C=O) groups excluding carboxylic acids is 1. The van der Waals surface area contributed by atoms with Gasteiger partial charge >= 0.3 is 0 Å². The minimum atomic E-state index is -0.996. The van der Waals surface area contributed by atoms with Crippen LogP contribution in [0.4, 0.5) is 8.78 Å². The minimum absolute atomic E-state index is 0.0513. The maximum Gasteiger partial charge on any atom is 0.276 e. The number of halogens is 2. The van der Waals surface area contributed by atoms with E-state index in [1.807, 2.05) is 18.3 Å². The fraction of sp³-hybridized carbons (Fsp3) is 0.318. The highest BCUT2D eigenvalue weighted by Gasteiger charge is 2.23. The lowest BCUT2D eigenvalue weighted by atomic mass is 10.2. The van der Waals surface area contributed by atoms with Crippen LogP contribution in [-0.2, 0) is 13.2 Å². The lowest BCUT2D eigenvalue weighted by molar-refractivity contribution is 0.0750. The van der Waals surface area contributed by atoms with E-state index >= 15 is 0 Å². The Morgan fingerprint density at radius 2 is 2.00 bits per heavy atom. The molecule has 1 aliphatic rings. The molecule has 0 spiro atoms. The topological polar surface area (TPSA) is 71.7 Å². The number of hydrogen-bond donors (Lipinski definition) is 0. The van der Waals surface area contributed by atoms with Crippen LogP contribution in [0.2, 0.25) is 0 Å². The van der Waals surface area contributed by atoms with Crippen molar-refractivity contribution in [2.75, 3.05) is 26.2 Å². The molecule has 1 fully saturated rings. The van der Waals surface area contributed by atoms with Crippen LogP contribution >= 0.6 is 0 Å². The standard InChI is InChI=1S/C22H22F2N4O3/c23-19-5-4-17(11-20(19)24)30-15-18-12-21(26-31-18)22(29)28-8-2-7-27(9-10-28)14-16-3-1-6-25-13-16/h1,3-6,11-13H,2,7-10,14-15H2. The second-order valence-corrected chi connectivity index (χ2v) is 7.33. The van der Waals surface area contributed by atoms with Gasteiger partial charge in [0.2, 0.25) is 0 Å². The van der Waals surface area contributed by atoms with Gasteiger partial charge in [0, 0.05) is 57.3 Å². The van der Waals surface area contributed by atoms with Crippen molar-refractivity contribution >= 4 is 5.91 Å². The van der Waals surface area contributed by atoms with Crippen molar-refractivity contribution in [3.63, 3.8) is 0 Å². The number of hydrogen-bond acceptors (Lipinski definition) is 6. The largest absolute Gasteiger partial charge is 0.485 e. The second-order valence-electron chi connectivity index (χ2n) is 7.33. The van der Waals surface area contributed by atoms with Gasteiger partial charge in [0.25, 0.3) is 5.91 Å². The van der Waals surface area contributed by atoms with Gasteiger partial charge in [0.1, 0.15) is 12.4 Å². The van der Waals surface area contributed by atoms with Crippen LogP contribution in [0.3, 0.4) is 0 Å². The summed E-state index contributed by atoms with van der Waals surface area (Å²) < 4.78 is 36.8. The normalized spacial score (nSPS) is 15.0. The smallest absolute Gasteiger partial charge is 0.276 e. The Morgan fingerprint density at radius 1 is 1.10 bits per heavy atom. The summed E-state index contributed by atoms with van der Waals surface area (Å²) in [6.07, 6.45) is 4.46. The maximum atomic E-state index is 13.3. The van der Waals surface area contributed by atoms with Gasteiger partial charge in [-0.2, -0.15) is 0 Å². The predicted octanol–water partition coefficient (Wildman–Crippen LogP) is 3.27. The number of amides is 1. The van der Waals surface area contributed by atoms with Crippen LogP contribution in [0.25, 0.3) is 0 Å². The summed E-state index contributed by atoms with van der Waals surface area (Å²) in [6, 6.07) is 8.72. The molecular weight excluding hydrogens is 406 g/mol. The van der Waals surface area contributed by atoms with E-state index in [0.29, 0.717) is 18.8 Å². The highest BCUT2D eigenvalue weighted by molar-refractivity contribution is 5.92. The van der Waals surface area contributed by atoms with Gasteiger partial charge in [-0.3, -0.25) is 14.7 Å². The van der Waals surface area contributed by atoms with Gasteiger partial charge in [-0.1, -0.05) is 11.2 Å². The Labute approximate surface area is 178 Å². The van der Waals surface area contributed by atoms with E-state index in [2.05, 4.69) is 15.0 Å². The van der Waals surface area contributed by atoms with Crippen molar-refractivity contribution in [1.82, 2.24) is 19.9 Å². The lowest BCUT2D eigenvalue weighted by Crippen LogP contribution is -2.35. The van der Waals surface area contributed by atoms with Gasteiger partial charge < -0.3 is 14.2 Å². The Morgan fingerprint density at radius 3 is 2.81 bits per heavy atom. The van der Waals surface area contributed by atoms with E-state index in [-0.39, 0.29) is 24.0 Å². The van der Waals surface area contributed by atoms with Gasteiger partial charge in [0.15, 0.2) is 23.1 Å². The monoisotopic (exact) mass is 428 g/mol. The Hall–Kier alpha value is -3.33. The van der Waals surface area contributed by atoms with E-state index in [9.17, 15) is 13.6 Å². The van der Waals surface area contributed by atoms with Crippen LogP contribution in [0, 0.1) is 11.6 Å². The van der Waals surface area contributed by atoms with Gasteiger partial charge in [-0.25, -0.2) is 8.78 Å². The second kappa shape index (κ2) is 9.65. The molecule has 0 radical (unpaired) electrons. The van der Waals surface area contributed by atoms with Crippen LogP contribution in [0.1, 0.15) is 28.2 Å². The van der Waals surface area contributed by atoms with E-state index < -0.39 is 11.6 Å². The quantitative estimate of drug-likeness (QED) is 0.600. The third-order valence-corrected chi connectivity index (χ3v) is 5.05. The molecule has 0 aliphatic carbocycles. The summed E-state index contributed by atoms with van der Waals surface area (Å²) in [7, 11) is 0. The molecule has 2 aromatic heterocycles. The third-order valence-electron chi connectivity index (χ3n) is 5.05. The summed E-state index contributed by atoms with van der Waals surface area (Å²) >= 11 is 0. The molecule has 0 atom stereocenters. The highest BCUT2D eigenvalue weighted by atomic mass is 19.2. The van der Waals surface area contributed by atoms with Crippen LogP contribution in [0.5, 0.6) is 5.75 Å². The SMILES string of the molecule is O=C(c1cc(COc2ccc(F)c(F)c2)on1)N1CCCN(Cc2cccnc2)CC1. The number of rotatable bonds is 6. The number of aromatic nitrogens is 2. The molecule has 1 aliphatic heterocycles. The van der Waals surface area contributed by atoms with Crippen LogP contribution in [0.15, 0.2) is 53.3 Å². The fourth-order valence-corrected chi connectivity index (χ4v) is 3.45. The predicted molar refractivity (Wildman–Crippen MR) is 107 cm³/mol. The van der Waals surface area contributed by atoms with Crippen molar-refractivity contribution in [3.8, 4) is 5.75 Å². The molecular formula is C22H22F2N4O3. The molecule has 0 saturated carbocycles. The Bertz CT molecular complexity index is 1030. The molecule has 0 N–H and O–H groups in total. The van der Waals surface area contributed by atoms with Crippen molar-refractivity contribution in [3.05, 3.63) is 77.4 Å². The molecule has 3 heterocycles. The first-order valence-electron chi connectivity index (χ1n) is 10.0.